The van der Waals surface area contributed by atoms with Crippen LogP contribution in [-0.2, 0) is 13.0 Å². The molecule has 1 atom stereocenters. The van der Waals surface area contributed by atoms with Gasteiger partial charge in [-0.15, -0.1) is 0 Å². The molecule has 3 N–H and O–H groups in total. The summed E-state index contributed by atoms with van der Waals surface area (Å²) in [6, 6.07) is 17.8. The Morgan fingerprint density at radius 2 is 1.90 bits per heavy atom. The maximum Gasteiger partial charge on any atom is 0.264 e. The Kier molecular flexibility index (Phi) is 6.13. The number of fused-ring (bicyclic) bond motifs is 1. The van der Waals surface area contributed by atoms with E-state index in [2.05, 4.69) is 28.0 Å². The van der Waals surface area contributed by atoms with E-state index in [0.29, 0.717) is 6.54 Å². The van der Waals surface area contributed by atoms with Crippen LogP contribution in [0.3, 0.4) is 0 Å². The van der Waals surface area contributed by atoms with E-state index in [4.69, 9.17) is 12.2 Å². The predicted molar refractivity (Wildman–Crippen MR) is 127 cm³/mol. The average Bonchev–Trinajstić information content (AvgIpc) is 3.19. The van der Waals surface area contributed by atoms with Gasteiger partial charge in [-0.2, -0.15) is 0 Å². The molecule has 1 unspecified atom stereocenters. The monoisotopic (exact) mass is 432 g/mol. The van der Waals surface area contributed by atoms with Gasteiger partial charge < -0.3 is 10.1 Å². The first-order chi connectivity index (χ1) is 15.1. The fourth-order valence-electron chi connectivity index (χ4n) is 3.64. The maximum absolute atomic E-state index is 12.5. The Bertz CT molecular complexity index is 1340. The number of aromatic amines is 2. The van der Waals surface area contributed by atoms with E-state index in [9.17, 15) is 9.90 Å². The fourth-order valence-corrected chi connectivity index (χ4v) is 3.88. The van der Waals surface area contributed by atoms with E-state index >= 15 is 0 Å². The molecule has 4 aromatic rings. The van der Waals surface area contributed by atoms with Crippen LogP contribution in [-0.4, -0.2) is 31.9 Å². The van der Waals surface area contributed by atoms with Crippen LogP contribution < -0.4 is 5.56 Å². The summed E-state index contributed by atoms with van der Waals surface area (Å²) in [5, 5.41) is 11.9. The molecule has 0 aliphatic heterocycles. The highest BCUT2D eigenvalue weighted by Gasteiger charge is 2.14. The maximum atomic E-state index is 12.5. The Balaban J connectivity index is 1.62. The molecule has 2 aromatic carbocycles. The largest absolute Gasteiger partial charge is 0.494 e. The summed E-state index contributed by atoms with van der Waals surface area (Å²) in [5.74, 6) is -0.177. The van der Waals surface area contributed by atoms with Crippen LogP contribution in [0.15, 0.2) is 70.6 Å². The van der Waals surface area contributed by atoms with Crippen molar-refractivity contribution in [2.75, 3.05) is 0 Å². The molecule has 31 heavy (non-hydrogen) atoms. The topological polar surface area (TPSA) is 86.2 Å². The van der Waals surface area contributed by atoms with Crippen LogP contribution >= 0.6 is 12.2 Å². The number of nitrogens with one attached hydrogen (secondary N) is 2. The summed E-state index contributed by atoms with van der Waals surface area (Å²) < 4.78 is 1.68. The lowest BCUT2D eigenvalue weighted by atomic mass is 10.0. The van der Waals surface area contributed by atoms with E-state index in [1.807, 2.05) is 54.7 Å². The Morgan fingerprint density at radius 3 is 2.68 bits per heavy atom. The number of nitrogens with zero attached hydrogens (tertiary/aromatic N) is 2. The molecule has 0 saturated heterocycles. The van der Waals surface area contributed by atoms with Gasteiger partial charge in [-0.1, -0.05) is 55.5 Å². The molecule has 2 aromatic heterocycles. The molecule has 0 bridgehead atoms. The molecule has 0 amide bonds. The first-order valence-corrected chi connectivity index (χ1v) is 10.7. The van der Waals surface area contributed by atoms with Gasteiger partial charge in [0.25, 0.3) is 5.56 Å². The minimum Gasteiger partial charge on any atom is -0.494 e. The van der Waals surface area contributed by atoms with Crippen LogP contribution in [0.2, 0.25) is 0 Å². The van der Waals surface area contributed by atoms with Crippen molar-refractivity contribution in [1.29, 1.82) is 0 Å². The number of H-pyrrole nitrogens is 2. The molecule has 7 heteroatoms. The number of aromatic nitrogens is 3. The lowest BCUT2D eigenvalue weighted by Crippen LogP contribution is -2.20. The zero-order valence-electron chi connectivity index (χ0n) is 17.2. The van der Waals surface area contributed by atoms with Gasteiger partial charge in [0.1, 0.15) is 5.56 Å². The number of benzene rings is 2. The van der Waals surface area contributed by atoms with E-state index in [0.717, 1.165) is 23.9 Å². The minimum atomic E-state index is -0.447. The standard InChI is InChI=1S/C24H24N4O2S/c1-2-18(12-17-13-26-21-11-7-6-10-19(17)21)25-14-20-22(29)27-24(31)28(23(20)30)15-16-8-4-3-5-9-16/h3-11,13-14,18,26,30H,2,12,15H2,1H3,(H,27,29,31). The molecule has 0 radical (unpaired) electrons. The van der Waals surface area contributed by atoms with E-state index < -0.39 is 5.56 Å². The predicted octanol–water partition coefficient (Wildman–Crippen LogP) is 4.58. The smallest absolute Gasteiger partial charge is 0.264 e. The molecule has 0 fully saturated rings. The SMILES string of the molecule is CCC(Cc1c[nH]c2ccccc12)N=Cc1c(O)n(Cc2ccccc2)c(=S)[nH]c1=O. The van der Waals surface area contributed by atoms with Crippen molar-refractivity contribution in [3.05, 3.63) is 92.6 Å². The highest BCUT2D eigenvalue weighted by Crippen LogP contribution is 2.21. The lowest BCUT2D eigenvalue weighted by Gasteiger charge is -2.12. The first kappa shape index (κ1) is 20.8. The number of para-hydroxylation sites is 1. The Labute approximate surface area is 184 Å². The number of rotatable bonds is 7. The number of hydrogen-bond donors (Lipinski definition) is 3. The molecular weight excluding hydrogens is 408 g/mol. The van der Waals surface area contributed by atoms with Crippen LogP contribution in [0.5, 0.6) is 5.88 Å². The van der Waals surface area contributed by atoms with Crippen molar-refractivity contribution < 1.29 is 5.11 Å². The third kappa shape index (κ3) is 4.51. The van der Waals surface area contributed by atoms with Gasteiger partial charge in [-0.3, -0.25) is 19.3 Å². The highest BCUT2D eigenvalue weighted by molar-refractivity contribution is 7.71. The molecule has 4 rings (SSSR count). The van der Waals surface area contributed by atoms with E-state index in [1.165, 1.54) is 21.7 Å². The summed E-state index contributed by atoms with van der Waals surface area (Å²) in [4.78, 5) is 23.0. The van der Waals surface area contributed by atoms with Crippen LogP contribution in [0.25, 0.3) is 10.9 Å². The summed E-state index contributed by atoms with van der Waals surface area (Å²) in [6.45, 7) is 2.42. The third-order valence-corrected chi connectivity index (χ3v) is 5.73. The average molecular weight is 433 g/mol. The van der Waals surface area contributed by atoms with Gasteiger partial charge >= 0.3 is 0 Å². The van der Waals surface area contributed by atoms with Gasteiger partial charge in [0.05, 0.1) is 12.6 Å². The molecule has 158 valence electrons. The second-order valence-electron chi connectivity index (χ2n) is 7.47. The van der Waals surface area contributed by atoms with Crippen LogP contribution in [0.1, 0.15) is 30.0 Å². The molecule has 0 spiro atoms. The van der Waals surface area contributed by atoms with Gasteiger partial charge in [0, 0.05) is 23.3 Å². The Hall–Kier alpha value is -3.45. The fraction of sp³-hybridized carbons (Fsp3) is 0.208. The van der Waals surface area contributed by atoms with E-state index in [1.54, 1.807) is 0 Å². The zero-order chi connectivity index (χ0) is 21.8. The van der Waals surface area contributed by atoms with Gasteiger partial charge in [0.15, 0.2) is 4.77 Å². The van der Waals surface area contributed by atoms with Crippen molar-refractivity contribution in [2.45, 2.75) is 32.4 Å². The van der Waals surface area contributed by atoms with Crippen molar-refractivity contribution >= 4 is 29.3 Å². The number of aromatic hydroxyl groups is 1. The van der Waals surface area contributed by atoms with Crippen molar-refractivity contribution in [3.63, 3.8) is 0 Å². The minimum absolute atomic E-state index is 0.0243. The summed E-state index contributed by atoms with van der Waals surface area (Å²) in [7, 11) is 0. The number of aliphatic imine (C=N–C) groups is 1. The summed E-state index contributed by atoms with van der Waals surface area (Å²) in [5.41, 5.74) is 2.90. The molecule has 0 aliphatic carbocycles. The van der Waals surface area contributed by atoms with Gasteiger partial charge in [-0.25, -0.2) is 0 Å². The zero-order valence-corrected chi connectivity index (χ0v) is 18.0. The van der Waals surface area contributed by atoms with Crippen molar-refractivity contribution in [1.82, 2.24) is 14.5 Å². The Morgan fingerprint density at radius 1 is 1.16 bits per heavy atom. The van der Waals surface area contributed by atoms with Crippen LogP contribution in [0, 0.1) is 4.77 Å². The van der Waals surface area contributed by atoms with Crippen LogP contribution in [0.4, 0.5) is 0 Å². The third-order valence-electron chi connectivity index (χ3n) is 5.41. The van der Waals surface area contributed by atoms with Gasteiger partial charge in [-0.05, 0) is 42.3 Å². The molecular formula is C24H24N4O2S. The second kappa shape index (κ2) is 9.14. The summed E-state index contributed by atoms with van der Waals surface area (Å²) in [6.07, 6.45) is 5.01. The van der Waals surface area contributed by atoms with Crippen molar-refractivity contribution in [3.8, 4) is 5.88 Å². The highest BCUT2D eigenvalue weighted by atomic mass is 32.1. The quantitative estimate of drug-likeness (QED) is 0.295. The first-order valence-electron chi connectivity index (χ1n) is 10.2. The number of hydrogen-bond acceptors (Lipinski definition) is 4. The van der Waals surface area contributed by atoms with E-state index in [-0.39, 0.29) is 22.3 Å². The second-order valence-corrected chi connectivity index (χ2v) is 7.86. The molecule has 0 aliphatic rings. The molecule has 6 nitrogen and oxygen atoms in total. The normalized spacial score (nSPS) is 12.5. The van der Waals surface area contributed by atoms with Gasteiger partial charge in [0.2, 0.25) is 5.88 Å². The lowest BCUT2D eigenvalue weighted by molar-refractivity contribution is 0.411. The molecule has 0 saturated carbocycles. The van der Waals surface area contributed by atoms with Crippen molar-refractivity contribution in [2.24, 2.45) is 4.99 Å². The summed E-state index contributed by atoms with van der Waals surface area (Å²) >= 11 is 5.27. The molecule has 2 heterocycles.